The topological polar surface area (TPSA) is 46.5 Å². The summed E-state index contributed by atoms with van der Waals surface area (Å²) in [7, 11) is 0. The molecule has 3 heteroatoms. The quantitative estimate of drug-likeness (QED) is 0.322. The minimum absolute atomic E-state index is 0.0416. The van der Waals surface area contributed by atoms with Crippen LogP contribution in [0.4, 0.5) is 0 Å². The fourth-order valence-corrected chi connectivity index (χ4v) is 2.41. The van der Waals surface area contributed by atoms with E-state index in [4.69, 9.17) is 9.84 Å². The predicted molar refractivity (Wildman–Crippen MR) is 88.4 cm³/mol. The number of ether oxygens (including phenoxy) is 1. The molecule has 0 aliphatic heterocycles. The highest BCUT2D eigenvalue weighted by Crippen LogP contribution is 2.09. The Labute approximate surface area is 131 Å². The van der Waals surface area contributed by atoms with Crippen LogP contribution in [0.5, 0.6) is 0 Å². The van der Waals surface area contributed by atoms with Crippen LogP contribution in [0.15, 0.2) is 0 Å². The Hall–Kier alpha value is -0.570. The molecule has 3 nitrogen and oxygen atoms in total. The number of carbonyl (C=O) groups excluding carboxylic acids is 1. The highest BCUT2D eigenvalue weighted by molar-refractivity contribution is 5.69. The zero-order chi connectivity index (χ0) is 15.6. The van der Waals surface area contributed by atoms with Crippen molar-refractivity contribution in [3.8, 4) is 0 Å². The van der Waals surface area contributed by atoms with Gasteiger partial charge in [-0.15, -0.1) is 0 Å². The summed E-state index contributed by atoms with van der Waals surface area (Å²) < 4.78 is 5.24. The van der Waals surface area contributed by atoms with Gasteiger partial charge in [-0.25, -0.2) is 0 Å². The minimum atomic E-state index is -0.0416. The van der Waals surface area contributed by atoms with Gasteiger partial charge in [0.2, 0.25) is 0 Å². The van der Waals surface area contributed by atoms with E-state index in [1.807, 2.05) is 0 Å². The smallest absolute Gasteiger partial charge is 0.305 e. The van der Waals surface area contributed by atoms with Gasteiger partial charge >= 0.3 is 5.97 Å². The molecule has 0 fully saturated rings. The second kappa shape index (κ2) is 17.5. The van der Waals surface area contributed by atoms with E-state index in [0.717, 1.165) is 38.5 Å². The van der Waals surface area contributed by atoms with Crippen LogP contribution in [0.25, 0.3) is 0 Å². The van der Waals surface area contributed by atoms with Crippen molar-refractivity contribution in [1.29, 1.82) is 0 Å². The van der Waals surface area contributed by atoms with Gasteiger partial charge in [-0.05, 0) is 19.3 Å². The van der Waals surface area contributed by atoms with Crippen molar-refractivity contribution in [2.24, 2.45) is 0 Å². The fourth-order valence-electron chi connectivity index (χ4n) is 2.41. The Morgan fingerprint density at radius 2 is 1.29 bits per heavy atom. The van der Waals surface area contributed by atoms with Crippen LogP contribution >= 0.6 is 0 Å². The third-order valence-corrected chi connectivity index (χ3v) is 3.80. The minimum Gasteiger partial charge on any atom is -0.466 e. The summed E-state index contributed by atoms with van der Waals surface area (Å²) in [6, 6.07) is 0. The van der Waals surface area contributed by atoms with E-state index in [1.165, 1.54) is 44.9 Å². The molecule has 0 aliphatic carbocycles. The van der Waals surface area contributed by atoms with Gasteiger partial charge in [0.05, 0.1) is 6.61 Å². The molecule has 0 saturated carbocycles. The first-order valence-corrected chi connectivity index (χ1v) is 9.07. The molecule has 0 unspecified atom stereocenters. The molecular formula is C18H36O3. The first kappa shape index (κ1) is 20.4. The van der Waals surface area contributed by atoms with Crippen LogP contribution in [-0.4, -0.2) is 24.3 Å². The number of hydrogen-bond acceptors (Lipinski definition) is 3. The van der Waals surface area contributed by atoms with Gasteiger partial charge in [0.1, 0.15) is 0 Å². The molecule has 0 radical (unpaired) electrons. The maximum absolute atomic E-state index is 11.5. The molecule has 0 spiro atoms. The van der Waals surface area contributed by atoms with E-state index >= 15 is 0 Å². The lowest BCUT2D eigenvalue weighted by Crippen LogP contribution is -2.05. The number of hydrogen-bond donors (Lipinski definition) is 1. The van der Waals surface area contributed by atoms with Crippen LogP contribution in [0.1, 0.15) is 96.8 Å². The molecule has 0 bridgehead atoms. The number of aliphatic hydroxyl groups is 1. The Balaban J connectivity index is 3.12. The Morgan fingerprint density at radius 1 is 0.762 bits per heavy atom. The average Bonchev–Trinajstić information content (AvgIpc) is 2.49. The predicted octanol–water partition coefficient (Wildman–Crippen LogP) is 5.00. The molecular weight excluding hydrogens is 264 g/mol. The lowest BCUT2D eigenvalue weighted by Gasteiger charge is -2.05. The van der Waals surface area contributed by atoms with Crippen LogP contribution in [0.3, 0.4) is 0 Å². The number of unbranched alkanes of at least 4 members (excludes halogenated alkanes) is 11. The van der Waals surface area contributed by atoms with Crippen molar-refractivity contribution in [2.75, 3.05) is 13.2 Å². The summed E-state index contributed by atoms with van der Waals surface area (Å²) in [4.78, 5) is 11.5. The Kier molecular flexibility index (Phi) is 17.0. The number of esters is 1. The van der Waals surface area contributed by atoms with Crippen molar-refractivity contribution >= 4 is 5.97 Å². The molecule has 0 aromatic rings. The van der Waals surface area contributed by atoms with Crippen LogP contribution < -0.4 is 0 Å². The second-order valence-corrected chi connectivity index (χ2v) is 5.94. The molecule has 21 heavy (non-hydrogen) atoms. The van der Waals surface area contributed by atoms with Gasteiger partial charge in [-0.1, -0.05) is 71.1 Å². The Morgan fingerprint density at radius 3 is 1.90 bits per heavy atom. The second-order valence-electron chi connectivity index (χ2n) is 5.94. The molecule has 0 rings (SSSR count). The molecule has 0 aromatic heterocycles. The summed E-state index contributed by atoms with van der Waals surface area (Å²) in [6.45, 7) is 3.11. The maximum atomic E-state index is 11.5. The lowest BCUT2D eigenvalue weighted by atomic mass is 10.1. The fraction of sp³-hybridized carbons (Fsp3) is 0.944. The molecule has 0 atom stereocenters. The Bertz CT molecular complexity index is 217. The number of carbonyl (C=O) groups is 1. The molecule has 0 heterocycles. The van der Waals surface area contributed by atoms with Crippen molar-refractivity contribution in [2.45, 2.75) is 96.8 Å². The largest absolute Gasteiger partial charge is 0.466 e. The highest BCUT2D eigenvalue weighted by Gasteiger charge is 2.02. The summed E-state index contributed by atoms with van der Waals surface area (Å²) in [5.74, 6) is -0.0416. The SMILES string of the molecule is CCCCCCCCCCOC(=O)CCCCCCCO. The molecule has 0 amide bonds. The maximum Gasteiger partial charge on any atom is 0.305 e. The van der Waals surface area contributed by atoms with Crippen molar-refractivity contribution in [3.05, 3.63) is 0 Å². The third kappa shape index (κ3) is 17.4. The highest BCUT2D eigenvalue weighted by atomic mass is 16.5. The molecule has 0 saturated heterocycles. The first-order chi connectivity index (χ1) is 10.3. The summed E-state index contributed by atoms with van der Waals surface area (Å²) in [5.41, 5.74) is 0. The summed E-state index contributed by atoms with van der Waals surface area (Å²) in [5, 5.41) is 8.65. The molecule has 1 N–H and O–H groups in total. The first-order valence-electron chi connectivity index (χ1n) is 9.07. The lowest BCUT2D eigenvalue weighted by molar-refractivity contribution is -0.143. The number of rotatable bonds is 16. The average molecular weight is 300 g/mol. The third-order valence-electron chi connectivity index (χ3n) is 3.80. The van der Waals surface area contributed by atoms with Crippen molar-refractivity contribution < 1.29 is 14.6 Å². The van der Waals surface area contributed by atoms with Crippen LogP contribution in [-0.2, 0) is 9.53 Å². The van der Waals surface area contributed by atoms with Gasteiger partial charge < -0.3 is 9.84 Å². The zero-order valence-corrected chi connectivity index (χ0v) is 14.1. The monoisotopic (exact) mass is 300 g/mol. The summed E-state index contributed by atoms with van der Waals surface area (Å²) in [6.07, 6.45) is 15.7. The summed E-state index contributed by atoms with van der Waals surface area (Å²) >= 11 is 0. The van der Waals surface area contributed by atoms with E-state index in [2.05, 4.69) is 6.92 Å². The van der Waals surface area contributed by atoms with Crippen molar-refractivity contribution in [3.63, 3.8) is 0 Å². The van der Waals surface area contributed by atoms with Gasteiger partial charge in [0, 0.05) is 13.0 Å². The normalized spacial score (nSPS) is 10.8. The van der Waals surface area contributed by atoms with Gasteiger partial charge in [-0.3, -0.25) is 4.79 Å². The van der Waals surface area contributed by atoms with E-state index in [1.54, 1.807) is 0 Å². The van der Waals surface area contributed by atoms with Gasteiger partial charge in [-0.2, -0.15) is 0 Å². The van der Waals surface area contributed by atoms with E-state index in [0.29, 0.717) is 13.0 Å². The number of aliphatic hydroxyl groups excluding tert-OH is 1. The van der Waals surface area contributed by atoms with E-state index < -0.39 is 0 Å². The van der Waals surface area contributed by atoms with Gasteiger partial charge in [0.15, 0.2) is 0 Å². The van der Waals surface area contributed by atoms with E-state index in [9.17, 15) is 4.79 Å². The molecule has 0 aromatic carbocycles. The van der Waals surface area contributed by atoms with Gasteiger partial charge in [0.25, 0.3) is 0 Å². The van der Waals surface area contributed by atoms with Crippen LogP contribution in [0, 0.1) is 0 Å². The van der Waals surface area contributed by atoms with E-state index in [-0.39, 0.29) is 12.6 Å². The molecule has 126 valence electrons. The molecule has 0 aliphatic rings. The van der Waals surface area contributed by atoms with Crippen molar-refractivity contribution in [1.82, 2.24) is 0 Å². The zero-order valence-electron chi connectivity index (χ0n) is 14.1. The van der Waals surface area contributed by atoms with Crippen LogP contribution in [0.2, 0.25) is 0 Å². The standard InChI is InChI=1S/C18H36O3/c1-2-3-4-5-6-7-11-14-17-21-18(20)15-12-9-8-10-13-16-19/h19H,2-17H2,1H3.